The van der Waals surface area contributed by atoms with Gasteiger partial charge in [-0.1, -0.05) is 24.3 Å². The maximum atomic E-state index is 12.5. The van der Waals surface area contributed by atoms with E-state index in [2.05, 4.69) is 10.9 Å². The predicted octanol–water partition coefficient (Wildman–Crippen LogP) is 2.06. The van der Waals surface area contributed by atoms with Gasteiger partial charge in [-0.25, -0.2) is 0 Å². The number of rotatable bonds is 4. The van der Waals surface area contributed by atoms with Crippen LogP contribution in [0.1, 0.15) is 26.7 Å². The topological polar surface area (TPSA) is 98.3 Å². The number of aryl methyl sites for hydroxylation is 1. The Balaban J connectivity index is 1.42. The van der Waals surface area contributed by atoms with Crippen molar-refractivity contribution in [2.75, 3.05) is 0 Å². The van der Waals surface area contributed by atoms with Crippen LogP contribution in [0.2, 0.25) is 0 Å². The fraction of sp³-hybridized carbons (Fsp3) is 0.0952. The molecule has 146 valence electrons. The van der Waals surface area contributed by atoms with E-state index in [-0.39, 0.29) is 17.9 Å². The van der Waals surface area contributed by atoms with Crippen molar-refractivity contribution >= 4 is 22.7 Å². The Labute approximate surface area is 165 Å². The highest BCUT2D eigenvalue weighted by atomic mass is 16.4. The summed E-state index contributed by atoms with van der Waals surface area (Å²) in [7, 11) is 1.85. The molecular weight excluding hydrogens is 372 g/mol. The van der Waals surface area contributed by atoms with Gasteiger partial charge in [0.2, 0.25) is 0 Å². The third-order valence-electron chi connectivity index (χ3n) is 4.54. The number of benzene rings is 1. The lowest BCUT2D eigenvalue weighted by atomic mass is 10.2. The number of carbonyl (C=O) groups excluding carboxylic acids is 2. The first-order valence-electron chi connectivity index (χ1n) is 8.92. The van der Waals surface area contributed by atoms with Gasteiger partial charge in [0.1, 0.15) is 5.76 Å². The summed E-state index contributed by atoms with van der Waals surface area (Å²) >= 11 is 0. The van der Waals surface area contributed by atoms with Gasteiger partial charge in [0.15, 0.2) is 5.76 Å². The number of carbonyl (C=O) groups is 2. The van der Waals surface area contributed by atoms with Gasteiger partial charge >= 0.3 is 5.91 Å². The highest BCUT2D eigenvalue weighted by Crippen LogP contribution is 2.19. The van der Waals surface area contributed by atoms with Gasteiger partial charge in [0.05, 0.1) is 12.1 Å². The molecule has 0 aliphatic carbocycles. The summed E-state index contributed by atoms with van der Waals surface area (Å²) in [4.78, 5) is 36.5. The van der Waals surface area contributed by atoms with E-state index < -0.39 is 11.8 Å². The molecule has 0 fully saturated rings. The maximum absolute atomic E-state index is 12.5. The second-order valence-electron chi connectivity index (χ2n) is 6.51. The minimum absolute atomic E-state index is 0.0298. The van der Waals surface area contributed by atoms with Gasteiger partial charge in [-0.05, 0) is 24.3 Å². The van der Waals surface area contributed by atoms with Crippen LogP contribution in [0.4, 0.5) is 0 Å². The zero-order valence-electron chi connectivity index (χ0n) is 15.6. The fourth-order valence-corrected chi connectivity index (χ4v) is 3.11. The molecule has 3 aromatic heterocycles. The Morgan fingerprint density at radius 2 is 1.72 bits per heavy atom. The molecule has 0 radical (unpaired) electrons. The number of hydrazine groups is 1. The normalized spacial score (nSPS) is 10.8. The molecule has 0 spiro atoms. The fourth-order valence-electron chi connectivity index (χ4n) is 3.11. The predicted molar refractivity (Wildman–Crippen MR) is 106 cm³/mol. The molecule has 1 aromatic carbocycles. The van der Waals surface area contributed by atoms with Crippen LogP contribution in [-0.2, 0) is 13.6 Å². The average molecular weight is 390 g/mol. The van der Waals surface area contributed by atoms with E-state index in [0.717, 1.165) is 10.9 Å². The summed E-state index contributed by atoms with van der Waals surface area (Å²) in [6, 6.07) is 15.4. The Hall–Kier alpha value is -4.07. The van der Waals surface area contributed by atoms with Crippen molar-refractivity contribution in [2.24, 2.45) is 7.05 Å². The van der Waals surface area contributed by atoms with Crippen LogP contribution in [0.25, 0.3) is 10.9 Å². The summed E-state index contributed by atoms with van der Waals surface area (Å²) in [6.07, 6.45) is 3.34. The summed E-state index contributed by atoms with van der Waals surface area (Å²) in [6.45, 7) is 0.204. The van der Waals surface area contributed by atoms with Crippen molar-refractivity contribution in [3.63, 3.8) is 0 Å². The lowest BCUT2D eigenvalue weighted by molar-refractivity contribution is 0.0830. The number of pyridine rings is 1. The lowest BCUT2D eigenvalue weighted by Gasteiger charge is -2.05. The van der Waals surface area contributed by atoms with E-state index in [9.17, 15) is 14.4 Å². The quantitative estimate of drug-likeness (QED) is 0.521. The molecule has 8 heteroatoms. The van der Waals surface area contributed by atoms with Crippen molar-refractivity contribution in [1.29, 1.82) is 0 Å². The Morgan fingerprint density at radius 3 is 2.55 bits per heavy atom. The minimum atomic E-state index is -0.592. The van der Waals surface area contributed by atoms with E-state index in [4.69, 9.17) is 4.42 Å². The lowest BCUT2D eigenvalue weighted by Crippen LogP contribution is -2.41. The second-order valence-corrected chi connectivity index (χ2v) is 6.51. The molecule has 0 aliphatic rings. The van der Waals surface area contributed by atoms with Crippen LogP contribution in [0, 0.1) is 0 Å². The second kappa shape index (κ2) is 7.51. The van der Waals surface area contributed by atoms with Crippen molar-refractivity contribution in [1.82, 2.24) is 20.0 Å². The largest absolute Gasteiger partial charge is 0.454 e. The number of aromatic nitrogens is 2. The van der Waals surface area contributed by atoms with Gasteiger partial charge in [0, 0.05) is 36.4 Å². The van der Waals surface area contributed by atoms with Crippen LogP contribution in [0.5, 0.6) is 0 Å². The van der Waals surface area contributed by atoms with E-state index in [1.54, 1.807) is 30.6 Å². The first-order chi connectivity index (χ1) is 14.0. The van der Waals surface area contributed by atoms with Crippen LogP contribution >= 0.6 is 0 Å². The highest BCUT2D eigenvalue weighted by molar-refractivity contribution is 6.07. The molecule has 4 aromatic rings. The van der Waals surface area contributed by atoms with Crippen LogP contribution in [0.15, 0.2) is 76.2 Å². The minimum Gasteiger partial charge on any atom is -0.454 e. The summed E-state index contributed by atoms with van der Waals surface area (Å²) < 4.78 is 8.79. The van der Waals surface area contributed by atoms with E-state index in [1.165, 1.54) is 16.7 Å². The molecule has 8 nitrogen and oxygen atoms in total. The summed E-state index contributed by atoms with van der Waals surface area (Å²) in [5.74, 6) is -0.547. The first-order valence-corrected chi connectivity index (χ1v) is 8.92. The zero-order valence-corrected chi connectivity index (χ0v) is 15.6. The number of amides is 2. The third kappa shape index (κ3) is 3.68. The van der Waals surface area contributed by atoms with E-state index in [1.807, 2.05) is 35.9 Å². The molecule has 2 amide bonds. The molecule has 0 atom stereocenters. The molecule has 4 rings (SSSR count). The SMILES string of the molecule is Cn1cc(C(=O)NNC(=O)c2ccc(Cn3ccccc3=O)o2)c2ccccc21. The average Bonchev–Trinajstić information content (AvgIpc) is 3.33. The van der Waals surface area contributed by atoms with Gasteiger partial charge in [-0.3, -0.25) is 25.2 Å². The van der Waals surface area contributed by atoms with Crippen molar-refractivity contribution in [3.05, 3.63) is 94.4 Å². The standard InChI is InChI=1S/C21H18N4O4/c1-24-13-16(15-6-2-3-7-17(15)24)20(27)22-23-21(28)18-10-9-14(29-18)12-25-11-5-4-8-19(25)26/h2-11,13H,12H2,1H3,(H,22,27)(H,23,28). The number of furan rings is 1. The maximum Gasteiger partial charge on any atom is 0.305 e. The third-order valence-corrected chi connectivity index (χ3v) is 4.54. The number of nitrogens with zero attached hydrogens (tertiary/aromatic N) is 2. The molecule has 29 heavy (non-hydrogen) atoms. The van der Waals surface area contributed by atoms with Gasteiger partial charge in [0.25, 0.3) is 11.5 Å². The van der Waals surface area contributed by atoms with Crippen molar-refractivity contribution in [3.8, 4) is 0 Å². The molecule has 3 heterocycles. The smallest absolute Gasteiger partial charge is 0.305 e. The Kier molecular flexibility index (Phi) is 4.74. The van der Waals surface area contributed by atoms with E-state index in [0.29, 0.717) is 11.3 Å². The van der Waals surface area contributed by atoms with Crippen molar-refractivity contribution < 1.29 is 14.0 Å². The summed E-state index contributed by atoms with van der Waals surface area (Å²) in [5.41, 5.74) is 5.95. The van der Waals surface area contributed by atoms with Gasteiger partial charge in [-0.15, -0.1) is 0 Å². The Bertz CT molecular complexity index is 1260. The van der Waals surface area contributed by atoms with Gasteiger partial charge < -0.3 is 13.6 Å². The zero-order chi connectivity index (χ0) is 20.4. The number of hydrogen-bond donors (Lipinski definition) is 2. The number of nitrogens with one attached hydrogen (secondary N) is 2. The molecule has 2 N–H and O–H groups in total. The van der Waals surface area contributed by atoms with Crippen LogP contribution < -0.4 is 16.4 Å². The molecule has 0 bridgehead atoms. The first kappa shape index (κ1) is 18.3. The summed E-state index contributed by atoms with van der Waals surface area (Å²) in [5, 5.41) is 0.787. The molecule has 0 aliphatic heterocycles. The van der Waals surface area contributed by atoms with Crippen LogP contribution in [0.3, 0.4) is 0 Å². The number of hydrogen-bond acceptors (Lipinski definition) is 4. The highest BCUT2D eigenvalue weighted by Gasteiger charge is 2.16. The molecule has 0 saturated carbocycles. The number of para-hydroxylation sites is 1. The molecule has 0 unspecified atom stereocenters. The molecule has 0 saturated heterocycles. The van der Waals surface area contributed by atoms with E-state index >= 15 is 0 Å². The molecular formula is C21H18N4O4. The van der Waals surface area contributed by atoms with Crippen molar-refractivity contribution in [2.45, 2.75) is 6.54 Å². The van der Waals surface area contributed by atoms with Gasteiger partial charge in [-0.2, -0.15) is 0 Å². The number of fused-ring (bicyclic) bond motifs is 1. The Morgan fingerprint density at radius 1 is 0.966 bits per heavy atom. The monoisotopic (exact) mass is 390 g/mol. The van der Waals surface area contributed by atoms with Crippen LogP contribution in [-0.4, -0.2) is 20.9 Å².